The Labute approximate surface area is 122 Å². The highest BCUT2D eigenvalue weighted by Gasteiger charge is 2.03. The lowest BCUT2D eigenvalue weighted by molar-refractivity contribution is 0.302. The van der Waals surface area contributed by atoms with Crippen LogP contribution in [-0.4, -0.2) is 4.98 Å². The lowest BCUT2D eigenvalue weighted by atomic mass is 10.1. The van der Waals surface area contributed by atoms with Crippen LogP contribution in [0.4, 0.5) is 0 Å². The molecule has 102 valence electrons. The van der Waals surface area contributed by atoms with E-state index in [1.54, 1.807) is 0 Å². The lowest BCUT2D eigenvalue weighted by Gasteiger charge is -2.04. The maximum Gasteiger partial charge on any atom is 0.128 e. The Bertz CT molecular complexity index is 719. The number of fused-ring (bicyclic) bond motifs is 1. The van der Waals surface area contributed by atoms with Crippen LogP contribution in [-0.2, 0) is 13.2 Å². The molecule has 3 rings (SSSR count). The van der Waals surface area contributed by atoms with Gasteiger partial charge < -0.3 is 15.5 Å². The Kier molecular flexibility index (Phi) is 3.63. The molecule has 2 aromatic carbocycles. The van der Waals surface area contributed by atoms with E-state index in [0.717, 1.165) is 27.9 Å². The number of hydrogen-bond acceptors (Lipinski definition) is 2. The quantitative estimate of drug-likeness (QED) is 0.765. The molecular weight excluding hydrogens is 272 g/mol. The first-order chi connectivity index (χ1) is 9.74. The van der Waals surface area contributed by atoms with Crippen molar-refractivity contribution in [3.8, 4) is 5.75 Å². The lowest BCUT2D eigenvalue weighted by Crippen LogP contribution is -1.95. The number of nitrogens with two attached hydrogens (primary N) is 1. The molecule has 0 fully saturated rings. The molecule has 0 unspecified atom stereocenters. The topological polar surface area (TPSA) is 51.0 Å². The third-order valence-electron chi connectivity index (χ3n) is 3.18. The Morgan fingerprint density at radius 1 is 1.05 bits per heavy atom. The number of benzene rings is 2. The van der Waals surface area contributed by atoms with Gasteiger partial charge in [0, 0.05) is 22.5 Å². The third-order valence-corrected chi connectivity index (χ3v) is 3.44. The molecule has 0 saturated heterocycles. The first kappa shape index (κ1) is 13.0. The van der Waals surface area contributed by atoms with Crippen molar-refractivity contribution in [1.29, 1.82) is 0 Å². The van der Waals surface area contributed by atoms with E-state index in [9.17, 15) is 0 Å². The number of ether oxygens (including phenoxy) is 1. The zero-order valence-corrected chi connectivity index (χ0v) is 11.7. The molecule has 0 aliphatic carbocycles. The van der Waals surface area contributed by atoms with Gasteiger partial charge in [-0.2, -0.15) is 0 Å². The van der Waals surface area contributed by atoms with Crippen molar-refractivity contribution in [2.24, 2.45) is 5.73 Å². The summed E-state index contributed by atoms with van der Waals surface area (Å²) in [5, 5.41) is 1.86. The average Bonchev–Trinajstić information content (AvgIpc) is 2.88. The molecule has 4 heteroatoms. The summed E-state index contributed by atoms with van der Waals surface area (Å²) < 4.78 is 5.72. The van der Waals surface area contributed by atoms with E-state index in [1.807, 2.05) is 36.4 Å². The predicted molar refractivity (Wildman–Crippen MR) is 82.0 cm³/mol. The van der Waals surface area contributed by atoms with Crippen molar-refractivity contribution in [2.75, 3.05) is 0 Å². The van der Waals surface area contributed by atoms with Crippen LogP contribution in [0.1, 0.15) is 11.3 Å². The van der Waals surface area contributed by atoms with E-state index in [4.69, 9.17) is 22.1 Å². The van der Waals surface area contributed by atoms with Crippen LogP contribution in [0.25, 0.3) is 10.9 Å². The summed E-state index contributed by atoms with van der Waals surface area (Å²) in [5.74, 6) is 0.802. The van der Waals surface area contributed by atoms with Crippen LogP contribution >= 0.6 is 11.6 Å². The molecule has 0 aliphatic heterocycles. The molecule has 0 radical (unpaired) electrons. The van der Waals surface area contributed by atoms with Gasteiger partial charge in [0.25, 0.3) is 0 Å². The molecule has 3 N–H and O–H groups in total. The summed E-state index contributed by atoms with van der Waals surface area (Å²) in [4.78, 5) is 3.34. The fourth-order valence-corrected chi connectivity index (χ4v) is 2.26. The Balaban J connectivity index is 1.75. The van der Waals surface area contributed by atoms with Crippen LogP contribution in [0, 0.1) is 0 Å². The van der Waals surface area contributed by atoms with Gasteiger partial charge in [-0.05, 0) is 48.0 Å². The van der Waals surface area contributed by atoms with Crippen molar-refractivity contribution in [1.82, 2.24) is 4.98 Å². The molecule has 3 nitrogen and oxygen atoms in total. The van der Waals surface area contributed by atoms with Gasteiger partial charge in [-0.15, -0.1) is 0 Å². The van der Waals surface area contributed by atoms with Gasteiger partial charge in [-0.3, -0.25) is 0 Å². The summed E-state index contributed by atoms with van der Waals surface area (Å²) in [6.07, 6.45) is 0. The highest BCUT2D eigenvalue weighted by atomic mass is 35.5. The van der Waals surface area contributed by atoms with Gasteiger partial charge in [0.15, 0.2) is 0 Å². The van der Waals surface area contributed by atoms with Gasteiger partial charge in [-0.25, -0.2) is 0 Å². The predicted octanol–water partition coefficient (Wildman–Crippen LogP) is 3.86. The fraction of sp³-hybridized carbons (Fsp3) is 0.125. The molecule has 0 saturated carbocycles. The SMILES string of the molecule is NCc1ccc2[nH]c(COc3ccc(Cl)cc3)cc2c1. The Morgan fingerprint density at radius 2 is 1.85 bits per heavy atom. The number of halogens is 1. The summed E-state index contributed by atoms with van der Waals surface area (Å²) in [5.41, 5.74) is 8.90. The Morgan fingerprint density at radius 3 is 2.60 bits per heavy atom. The Hall–Kier alpha value is -1.97. The van der Waals surface area contributed by atoms with Crippen LogP contribution in [0.3, 0.4) is 0 Å². The molecule has 0 aliphatic rings. The number of aromatic nitrogens is 1. The molecule has 1 aromatic heterocycles. The fourth-order valence-electron chi connectivity index (χ4n) is 2.14. The minimum Gasteiger partial charge on any atom is -0.487 e. The standard InChI is InChI=1S/C16H15ClN2O/c17-13-2-4-15(5-3-13)20-10-14-8-12-7-11(9-18)1-6-16(12)19-14/h1-8,19H,9-10,18H2. The van der Waals surface area contributed by atoms with E-state index >= 15 is 0 Å². The van der Waals surface area contributed by atoms with E-state index in [0.29, 0.717) is 18.2 Å². The second-order valence-electron chi connectivity index (χ2n) is 4.66. The van der Waals surface area contributed by atoms with Crippen LogP contribution < -0.4 is 10.5 Å². The van der Waals surface area contributed by atoms with Gasteiger partial charge in [0.1, 0.15) is 12.4 Å². The number of H-pyrrole nitrogens is 1. The normalized spacial score (nSPS) is 10.9. The van der Waals surface area contributed by atoms with E-state index in [2.05, 4.69) is 17.1 Å². The highest BCUT2D eigenvalue weighted by molar-refractivity contribution is 6.30. The molecule has 0 bridgehead atoms. The van der Waals surface area contributed by atoms with E-state index in [1.165, 1.54) is 0 Å². The largest absolute Gasteiger partial charge is 0.487 e. The molecule has 1 heterocycles. The average molecular weight is 287 g/mol. The van der Waals surface area contributed by atoms with Gasteiger partial charge >= 0.3 is 0 Å². The number of aromatic amines is 1. The van der Waals surface area contributed by atoms with Gasteiger partial charge in [0.2, 0.25) is 0 Å². The second kappa shape index (κ2) is 5.57. The first-order valence-corrected chi connectivity index (χ1v) is 6.81. The summed E-state index contributed by atoms with van der Waals surface area (Å²) in [7, 11) is 0. The van der Waals surface area contributed by atoms with Crippen LogP contribution in [0.2, 0.25) is 5.02 Å². The van der Waals surface area contributed by atoms with Crippen molar-refractivity contribution >= 4 is 22.5 Å². The van der Waals surface area contributed by atoms with Gasteiger partial charge in [0.05, 0.1) is 5.69 Å². The number of nitrogens with one attached hydrogen (secondary N) is 1. The van der Waals surface area contributed by atoms with Crippen LogP contribution in [0.5, 0.6) is 5.75 Å². The van der Waals surface area contributed by atoms with E-state index < -0.39 is 0 Å². The minimum absolute atomic E-state index is 0.494. The monoisotopic (exact) mass is 286 g/mol. The summed E-state index contributed by atoms with van der Waals surface area (Å²) in [6, 6.07) is 15.6. The van der Waals surface area contributed by atoms with Crippen LogP contribution in [0.15, 0.2) is 48.5 Å². The molecule has 3 aromatic rings. The zero-order valence-electron chi connectivity index (χ0n) is 10.9. The molecule has 0 amide bonds. The summed E-state index contributed by atoms with van der Waals surface area (Å²) in [6.45, 7) is 1.05. The van der Waals surface area contributed by atoms with Crippen molar-refractivity contribution < 1.29 is 4.74 Å². The third kappa shape index (κ3) is 2.79. The minimum atomic E-state index is 0.494. The van der Waals surface area contributed by atoms with Crippen molar-refractivity contribution in [3.05, 3.63) is 64.8 Å². The maximum atomic E-state index is 5.84. The zero-order chi connectivity index (χ0) is 13.9. The smallest absolute Gasteiger partial charge is 0.128 e. The number of rotatable bonds is 4. The molecule has 0 spiro atoms. The van der Waals surface area contributed by atoms with Gasteiger partial charge in [-0.1, -0.05) is 17.7 Å². The summed E-state index contributed by atoms with van der Waals surface area (Å²) >= 11 is 5.84. The first-order valence-electron chi connectivity index (χ1n) is 6.43. The highest BCUT2D eigenvalue weighted by Crippen LogP contribution is 2.20. The van der Waals surface area contributed by atoms with E-state index in [-0.39, 0.29) is 0 Å². The maximum absolute atomic E-state index is 5.84. The molecular formula is C16H15ClN2O. The molecule has 20 heavy (non-hydrogen) atoms. The number of hydrogen-bond donors (Lipinski definition) is 2. The van der Waals surface area contributed by atoms with Crippen molar-refractivity contribution in [3.63, 3.8) is 0 Å². The van der Waals surface area contributed by atoms with Crippen molar-refractivity contribution in [2.45, 2.75) is 13.2 Å². The second-order valence-corrected chi connectivity index (χ2v) is 5.10. The molecule has 0 atom stereocenters.